The van der Waals surface area contributed by atoms with Crippen molar-refractivity contribution in [2.75, 3.05) is 17.9 Å². The van der Waals surface area contributed by atoms with Gasteiger partial charge in [-0.15, -0.1) is 0 Å². The standard InChI is InChI=1S/C29H35N3O4S/c1-20-7-12-25(13-8-20)18-31(24(5)29(34)30-6)28(33)19-32(27-16-11-22(3)17-23(27)4)37(35,36)26-14-9-21(2)10-15-26/h7-17,24H,18-19H2,1-6H3,(H,30,34). The van der Waals surface area contributed by atoms with Crippen molar-refractivity contribution in [3.05, 3.63) is 94.5 Å². The van der Waals surface area contributed by atoms with Crippen molar-refractivity contribution in [3.8, 4) is 0 Å². The molecule has 3 rings (SSSR count). The number of carbonyl (C=O) groups excluding carboxylic acids is 2. The van der Waals surface area contributed by atoms with E-state index < -0.39 is 28.5 Å². The van der Waals surface area contributed by atoms with E-state index in [0.29, 0.717) is 5.69 Å². The molecule has 0 aliphatic heterocycles. The van der Waals surface area contributed by atoms with Crippen LogP contribution in [-0.4, -0.2) is 44.8 Å². The number of hydrogen-bond donors (Lipinski definition) is 1. The molecular formula is C29H35N3O4S. The Kier molecular flexibility index (Phi) is 8.76. The number of sulfonamides is 1. The van der Waals surface area contributed by atoms with E-state index in [0.717, 1.165) is 32.1 Å². The van der Waals surface area contributed by atoms with E-state index in [1.54, 1.807) is 37.3 Å². The quantitative estimate of drug-likeness (QED) is 0.455. The number of nitrogens with one attached hydrogen (secondary N) is 1. The van der Waals surface area contributed by atoms with Gasteiger partial charge in [0, 0.05) is 13.6 Å². The SMILES string of the molecule is CNC(=O)C(C)N(Cc1ccc(C)cc1)C(=O)CN(c1ccc(C)cc1C)S(=O)(=O)c1ccc(C)cc1. The largest absolute Gasteiger partial charge is 0.357 e. The second kappa shape index (κ2) is 11.6. The van der Waals surface area contributed by atoms with E-state index in [9.17, 15) is 18.0 Å². The van der Waals surface area contributed by atoms with Crippen LogP contribution in [0.3, 0.4) is 0 Å². The van der Waals surface area contributed by atoms with Crippen LogP contribution in [0.1, 0.15) is 34.7 Å². The first-order valence-electron chi connectivity index (χ1n) is 12.2. The minimum absolute atomic E-state index is 0.0929. The summed E-state index contributed by atoms with van der Waals surface area (Å²) in [5, 5.41) is 2.59. The first kappa shape index (κ1) is 27.9. The molecule has 1 N–H and O–H groups in total. The maximum atomic E-state index is 13.9. The van der Waals surface area contributed by atoms with Gasteiger partial charge < -0.3 is 10.2 Å². The van der Waals surface area contributed by atoms with Crippen molar-refractivity contribution in [1.82, 2.24) is 10.2 Å². The topological polar surface area (TPSA) is 86.8 Å². The molecule has 0 aliphatic rings. The molecule has 8 heteroatoms. The molecule has 0 bridgehead atoms. The Morgan fingerprint density at radius 1 is 0.838 bits per heavy atom. The fourth-order valence-electron chi connectivity index (χ4n) is 4.12. The van der Waals surface area contributed by atoms with Crippen molar-refractivity contribution in [1.29, 1.82) is 0 Å². The number of rotatable bonds is 9. The maximum Gasteiger partial charge on any atom is 0.264 e. The van der Waals surface area contributed by atoms with Gasteiger partial charge in [0.05, 0.1) is 10.6 Å². The Balaban J connectivity index is 2.06. The van der Waals surface area contributed by atoms with Crippen LogP contribution in [0.25, 0.3) is 0 Å². The summed E-state index contributed by atoms with van der Waals surface area (Å²) >= 11 is 0. The summed E-state index contributed by atoms with van der Waals surface area (Å²) in [5.74, 6) is -0.813. The van der Waals surface area contributed by atoms with Crippen molar-refractivity contribution >= 4 is 27.5 Å². The minimum Gasteiger partial charge on any atom is -0.357 e. The Morgan fingerprint density at radius 3 is 1.92 bits per heavy atom. The van der Waals surface area contributed by atoms with Crippen LogP contribution in [0.5, 0.6) is 0 Å². The first-order valence-corrected chi connectivity index (χ1v) is 13.6. The number of benzene rings is 3. The summed E-state index contributed by atoms with van der Waals surface area (Å²) in [7, 11) is -2.57. The molecule has 37 heavy (non-hydrogen) atoms. The molecule has 0 spiro atoms. The van der Waals surface area contributed by atoms with E-state index in [2.05, 4.69) is 5.32 Å². The highest BCUT2D eigenvalue weighted by Crippen LogP contribution is 2.28. The Labute approximate surface area is 220 Å². The normalized spacial score (nSPS) is 12.1. The molecule has 7 nitrogen and oxygen atoms in total. The summed E-state index contributed by atoms with van der Waals surface area (Å²) in [6.45, 7) is 8.95. The van der Waals surface area contributed by atoms with E-state index in [-0.39, 0.29) is 17.3 Å². The molecule has 0 saturated heterocycles. The summed E-state index contributed by atoms with van der Waals surface area (Å²) in [5.41, 5.74) is 4.97. The molecule has 0 aliphatic carbocycles. The third-order valence-electron chi connectivity index (χ3n) is 6.40. The van der Waals surface area contributed by atoms with Gasteiger partial charge in [0.1, 0.15) is 12.6 Å². The van der Waals surface area contributed by atoms with Gasteiger partial charge in [0.25, 0.3) is 10.0 Å². The van der Waals surface area contributed by atoms with Crippen LogP contribution in [-0.2, 0) is 26.2 Å². The highest BCUT2D eigenvalue weighted by Gasteiger charge is 2.32. The van der Waals surface area contributed by atoms with E-state index in [1.807, 2.05) is 64.1 Å². The molecule has 0 heterocycles. The Morgan fingerprint density at radius 2 is 1.38 bits per heavy atom. The first-order chi connectivity index (χ1) is 17.4. The number of aryl methyl sites for hydroxylation is 4. The highest BCUT2D eigenvalue weighted by atomic mass is 32.2. The molecule has 196 valence electrons. The molecular weight excluding hydrogens is 486 g/mol. The average molecular weight is 522 g/mol. The lowest BCUT2D eigenvalue weighted by atomic mass is 10.1. The van der Waals surface area contributed by atoms with E-state index in [1.165, 1.54) is 11.9 Å². The van der Waals surface area contributed by atoms with E-state index >= 15 is 0 Å². The summed E-state index contributed by atoms with van der Waals surface area (Å²) < 4.78 is 28.9. The molecule has 3 aromatic carbocycles. The highest BCUT2D eigenvalue weighted by molar-refractivity contribution is 7.92. The Bertz CT molecular complexity index is 1370. The number of anilines is 1. The molecule has 3 aromatic rings. The number of amides is 2. The zero-order chi connectivity index (χ0) is 27.3. The van der Waals surface area contributed by atoms with Gasteiger partial charge in [0.2, 0.25) is 11.8 Å². The third kappa shape index (κ3) is 6.57. The predicted molar refractivity (Wildman–Crippen MR) is 147 cm³/mol. The van der Waals surface area contributed by atoms with Crippen LogP contribution in [0.2, 0.25) is 0 Å². The fourth-order valence-corrected chi connectivity index (χ4v) is 5.60. The van der Waals surface area contributed by atoms with Crippen LogP contribution in [0.15, 0.2) is 71.6 Å². The lowest BCUT2D eigenvalue weighted by Crippen LogP contribution is -2.50. The van der Waals surface area contributed by atoms with Gasteiger partial charge in [-0.25, -0.2) is 8.42 Å². The molecule has 0 fully saturated rings. The summed E-state index contributed by atoms with van der Waals surface area (Å²) in [6, 6.07) is 18.8. The maximum absolute atomic E-state index is 13.9. The molecule has 1 unspecified atom stereocenters. The fraction of sp³-hybridized carbons (Fsp3) is 0.310. The zero-order valence-corrected chi connectivity index (χ0v) is 23.1. The van der Waals surface area contributed by atoms with Gasteiger partial charge in [0.15, 0.2) is 0 Å². The van der Waals surface area contributed by atoms with Gasteiger partial charge in [-0.3, -0.25) is 13.9 Å². The van der Waals surface area contributed by atoms with Gasteiger partial charge in [-0.2, -0.15) is 0 Å². The molecule has 2 amide bonds. The second-order valence-electron chi connectivity index (χ2n) is 9.41. The summed E-state index contributed by atoms with van der Waals surface area (Å²) in [6.07, 6.45) is 0. The smallest absolute Gasteiger partial charge is 0.264 e. The third-order valence-corrected chi connectivity index (χ3v) is 8.17. The van der Waals surface area contributed by atoms with Crippen LogP contribution >= 0.6 is 0 Å². The predicted octanol–water partition coefficient (Wildman–Crippen LogP) is 4.28. The molecule has 0 aromatic heterocycles. The van der Waals surface area contributed by atoms with Crippen molar-refractivity contribution in [2.45, 2.75) is 52.1 Å². The lowest BCUT2D eigenvalue weighted by Gasteiger charge is -2.32. The number of hydrogen-bond acceptors (Lipinski definition) is 4. The van der Waals surface area contributed by atoms with Crippen molar-refractivity contribution in [2.24, 2.45) is 0 Å². The lowest BCUT2D eigenvalue weighted by molar-refractivity contribution is -0.139. The number of nitrogens with zero attached hydrogens (tertiary/aromatic N) is 2. The Hall–Kier alpha value is -3.65. The van der Waals surface area contributed by atoms with Crippen molar-refractivity contribution in [3.63, 3.8) is 0 Å². The van der Waals surface area contributed by atoms with Crippen LogP contribution < -0.4 is 9.62 Å². The van der Waals surface area contributed by atoms with Crippen molar-refractivity contribution < 1.29 is 18.0 Å². The number of likely N-dealkylation sites (N-methyl/N-ethyl adjacent to an activating group) is 1. The second-order valence-corrected chi connectivity index (χ2v) is 11.3. The number of carbonyl (C=O) groups is 2. The van der Waals surface area contributed by atoms with Crippen LogP contribution in [0.4, 0.5) is 5.69 Å². The van der Waals surface area contributed by atoms with Gasteiger partial charge in [-0.05, 0) is 63.9 Å². The molecule has 0 radical (unpaired) electrons. The summed E-state index contributed by atoms with van der Waals surface area (Å²) in [4.78, 5) is 27.9. The van der Waals surface area contributed by atoms with Crippen LogP contribution in [0, 0.1) is 27.7 Å². The molecule has 0 saturated carbocycles. The minimum atomic E-state index is -4.08. The average Bonchev–Trinajstić information content (AvgIpc) is 2.86. The molecule has 1 atom stereocenters. The van der Waals surface area contributed by atoms with Gasteiger partial charge >= 0.3 is 0 Å². The zero-order valence-electron chi connectivity index (χ0n) is 22.3. The van der Waals surface area contributed by atoms with Gasteiger partial charge in [-0.1, -0.05) is 65.2 Å². The monoisotopic (exact) mass is 521 g/mol. The van der Waals surface area contributed by atoms with E-state index in [4.69, 9.17) is 0 Å².